The van der Waals surface area contributed by atoms with Gasteiger partial charge in [-0.1, -0.05) is 12.1 Å². The Hall–Kier alpha value is -2.57. The second-order valence-electron chi connectivity index (χ2n) is 6.77. The van der Waals surface area contributed by atoms with Gasteiger partial charge < -0.3 is 15.0 Å². The summed E-state index contributed by atoms with van der Waals surface area (Å²) in [6.45, 7) is 6.52. The first-order chi connectivity index (χ1) is 11.8. The molecule has 2 aliphatic heterocycles. The molecule has 2 saturated heterocycles. The van der Waals surface area contributed by atoms with Crippen LogP contribution in [0.3, 0.4) is 0 Å². The van der Waals surface area contributed by atoms with Crippen molar-refractivity contribution in [3.05, 3.63) is 29.3 Å². The Bertz CT molecular complexity index is 723. The van der Waals surface area contributed by atoms with Crippen LogP contribution in [0.1, 0.15) is 30.9 Å². The van der Waals surface area contributed by atoms with Crippen molar-refractivity contribution in [1.82, 2.24) is 15.5 Å². The molecule has 1 aromatic rings. The summed E-state index contributed by atoms with van der Waals surface area (Å²) in [6.07, 6.45) is 0.209. The van der Waals surface area contributed by atoms with Gasteiger partial charge in [-0.3, -0.25) is 14.9 Å². The highest BCUT2D eigenvalue weighted by atomic mass is 16.5. The Morgan fingerprint density at radius 3 is 2.52 bits per heavy atom. The summed E-state index contributed by atoms with van der Waals surface area (Å²) in [4.78, 5) is 37.7. The first kappa shape index (κ1) is 17.3. The van der Waals surface area contributed by atoms with Gasteiger partial charge >= 0.3 is 6.03 Å². The number of nitrogens with zero attached hydrogens (tertiary/aromatic N) is 1. The third-order valence-electron chi connectivity index (χ3n) is 5.15. The smallest absolute Gasteiger partial charge is 0.322 e. The summed E-state index contributed by atoms with van der Waals surface area (Å²) >= 11 is 0. The van der Waals surface area contributed by atoms with Gasteiger partial charge in [-0.2, -0.15) is 0 Å². The van der Waals surface area contributed by atoms with Crippen molar-refractivity contribution in [2.24, 2.45) is 0 Å². The van der Waals surface area contributed by atoms with Gasteiger partial charge in [-0.25, -0.2) is 4.79 Å². The molecule has 2 N–H and O–H groups in total. The number of carbonyl (C=O) groups is 3. The number of benzene rings is 1. The van der Waals surface area contributed by atoms with Crippen LogP contribution in [-0.2, 0) is 9.59 Å². The lowest BCUT2D eigenvalue weighted by Gasteiger charge is -2.37. The van der Waals surface area contributed by atoms with Crippen molar-refractivity contribution in [3.63, 3.8) is 0 Å². The summed E-state index contributed by atoms with van der Waals surface area (Å²) in [5.74, 6) is 0.293. The van der Waals surface area contributed by atoms with Gasteiger partial charge in [-0.05, 0) is 50.8 Å². The first-order valence-corrected chi connectivity index (χ1v) is 8.48. The third-order valence-corrected chi connectivity index (χ3v) is 5.15. The van der Waals surface area contributed by atoms with Crippen molar-refractivity contribution < 1.29 is 19.1 Å². The molecule has 0 radical (unpaired) electrons. The minimum Gasteiger partial charge on any atom is -0.481 e. The number of ether oxygens (including phenoxy) is 1. The highest BCUT2D eigenvalue weighted by molar-refractivity contribution is 6.07. The molecule has 25 heavy (non-hydrogen) atoms. The quantitative estimate of drug-likeness (QED) is 0.808. The van der Waals surface area contributed by atoms with Gasteiger partial charge in [0.05, 0.1) is 0 Å². The number of nitrogens with one attached hydrogen (secondary N) is 2. The van der Waals surface area contributed by atoms with Crippen molar-refractivity contribution in [1.29, 1.82) is 0 Å². The fourth-order valence-electron chi connectivity index (χ4n) is 3.34. The molecular weight excluding hydrogens is 322 g/mol. The van der Waals surface area contributed by atoms with Crippen LogP contribution >= 0.6 is 0 Å². The van der Waals surface area contributed by atoms with E-state index < -0.39 is 17.7 Å². The lowest BCUT2D eigenvalue weighted by atomic mass is 9.87. The summed E-state index contributed by atoms with van der Waals surface area (Å²) < 4.78 is 5.86. The molecular formula is C18H23N3O4. The summed E-state index contributed by atoms with van der Waals surface area (Å²) in [5.41, 5.74) is 1.26. The molecule has 3 rings (SSSR count). The molecule has 1 spiro atoms. The number of likely N-dealkylation sites (tertiary alicyclic amines) is 1. The van der Waals surface area contributed by atoms with E-state index in [1.165, 1.54) is 0 Å². The minimum atomic E-state index is -0.870. The SMILES string of the molecule is Cc1cccc(OC(C)C(=O)N2CCC3(CC2)NC(=O)NC3=O)c1C. The molecule has 0 aliphatic carbocycles. The van der Waals surface area contributed by atoms with E-state index >= 15 is 0 Å². The van der Waals surface area contributed by atoms with E-state index in [4.69, 9.17) is 4.74 Å². The average Bonchev–Trinajstić information content (AvgIpc) is 2.85. The molecule has 2 heterocycles. The zero-order valence-electron chi connectivity index (χ0n) is 14.7. The second-order valence-corrected chi connectivity index (χ2v) is 6.77. The van der Waals surface area contributed by atoms with E-state index in [-0.39, 0.29) is 11.8 Å². The number of urea groups is 1. The highest BCUT2D eigenvalue weighted by Gasteiger charge is 2.48. The first-order valence-electron chi connectivity index (χ1n) is 8.48. The fraction of sp³-hybridized carbons (Fsp3) is 0.500. The van der Waals surface area contributed by atoms with E-state index in [2.05, 4.69) is 10.6 Å². The molecule has 2 fully saturated rings. The zero-order valence-corrected chi connectivity index (χ0v) is 14.7. The number of rotatable bonds is 3. The Morgan fingerprint density at radius 1 is 1.24 bits per heavy atom. The number of aryl methyl sites for hydroxylation is 1. The van der Waals surface area contributed by atoms with Crippen molar-refractivity contribution in [2.75, 3.05) is 13.1 Å². The Kier molecular flexibility index (Phi) is 4.41. The Morgan fingerprint density at radius 2 is 1.92 bits per heavy atom. The Labute approximate surface area is 146 Å². The van der Waals surface area contributed by atoms with Crippen LogP contribution < -0.4 is 15.4 Å². The van der Waals surface area contributed by atoms with Gasteiger partial charge in [0.2, 0.25) is 0 Å². The summed E-state index contributed by atoms with van der Waals surface area (Å²) in [5, 5.41) is 4.96. The molecule has 134 valence electrons. The molecule has 0 bridgehead atoms. The second kappa shape index (κ2) is 6.38. The monoisotopic (exact) mass is 345 g/mol. The third kappa shape index (κ3) is 3.18. The molecule has 4 amide bonds. The van der Waals surface area contributed by atoms with Gasteiger partial charge in [0, 0.05) is 13.1 Å². The van der Waals surface area contributed by atoms with Crippen LogP contribution in [0.2, 0.25) is 0 Å². The van der Waals surface area contributed by atoms with E-state index in [0.717, 1.165) is 11.1 Å². The predicted molar refractivity (Wildman–Crippen MR) is 91.2 cm³/mol. The number of amides is 4. The van der Waals surface area contributed by atoms with Crippen LogP contribution in [0.5, 0.6) is 5.75 Å². The van der Waals surface area contributed by atoms with Crippen LogP contribution in [0.15, 0.2) is 18.2 Å². The maximum Gasteiger partial charge on any atom is 0.322 e. The standard InChI is InChI=1S/C18H23N3O4/c1-11-5-4-6-14(12(11)2)25-13(3)15(22)21-9-7-18(8-10-21)16(23)19-17(24)20-18/h4-6,13H,7-10H2,1-3H3,(H2,19,20,23,24). The zero-order chi connectivity index (χ0) is 18.2. The maximum absolute atomic E-state index is 12.7. The van der Waals surface area contributed by atoms with Crippen molar-refractivity contribution in [3.8, 4) is 5.75 Å². The molecule has 2 aliphatic rings. The normalized spacial score (nSPS) is 20.2. The van der Waals surface area contributed by atoms with E-state index in [0.29, 0.717) is 31.7 Å². The van der Waals surface area contributed by atoms with Crippen LogP contribution in [-0.4, -0.2) is 47.5 Å². The van der Waals surface area contributed by atoms with Crippen LogP contribution in [0.25, 0.3) is 0 Å². The number of hydrogen-bond donors (Lipinski definition) is 2. The van der Waals surface area contributed by atoms with Crippen molar-refractivity contribution >= 4 is 17.8 Å². The molecule has 0 aromatic heterocycles. The number of carbonyl (C=O) groups excluding carboxylic acids is 3. The minimum absolute atomic E-state index is 0.111. The summed E-state index contributed by atoms with van der Waals surface area (Å²) in [7, 11) is 0. The number of piperidine rings is 1. The maximum atomic E-state index is 12.7. The van der Waals surface area contributed by atoms with Gasteiger partial charge in [0.1, 0.15) is 11.3 Å². The van der Waals surface area contributed by atoms with Gasteiger partial charge in [-0.15, -0.1) is 0 Å². The predicted octanol–water partition coefficient (Wildman–Crippen LogP) is 1.27. The molecule has 7 nitrogen and oxygen atoms in total. The fourth-order valence-corrected chi connectivity index (χ4v) is 3.34. The van der Waals surface area contributed by atoms with Crippen LogP contribution in [0.4, 0.5) is 4.79 Å². The highest BCUT2D eigenvalue weighted by Crippen LogP contribution is 2.27. The van der Waals surface area contributed by atoms with Gasteiger partial charge in [0.25, 0.3) is 11.8 Å². The van der Waals surface area contributed by atoms with Gasteiger partial charge in [0.15, 0.2) is 6.10 Å². The average molecular weight is 345 g/mol. The van der Waals surface area contributed by atoms with Crippen LogP contribution in [0, 0.1) is 13.8 Å². The molecule has 1 aromatic carbocycles. The molecule has 1 unspecified atom stereocenters. The summed E-state index contributed by atoms with van der Waals surface area (Å²) in [6, 6.07) is 5.30. The lowest BCUT2D eigenvalue weighted by Crippen LogP contribution is -2.57. The Balaban J connectivity index is 1.61. The molecule has 0 saturated carbocycles. The molecule has 7 heteroatoms. The van der Waals surface area contributed by atoms with E-state index in [9.17, 15) is 14.4 Å². The molecule has 1 atom stereocenters. The largest absolute Gasteiger partial charge is 0.481 e. The topological polar surface area (TPSA) is 87.7 Å². The lowest BCUT2D eigenvalue weighted by molar-refractivity contribution is -0.141. The number of imide groups is 1. The number of hydrogen-bond acceptors (Lipinski definition) is 4. The van der Waals surface area contributed by atoms with Crippen molar-refractivity contribution in [2.45, 2.75) is 45.3 Å². The van der Waals surface area contributed by atoms with E-state index in [1.807, 2.05) is 32.0 Å². The van der Waals surface area contributed by atoms with E-state index in [1.54, 1.807) is 11.8 Å².